The summed E-state index contributed by atoms with van der Waals surface area (Å²) >= 11 is 7.02. The molecule has 0 spiro atoms. The van der Waals surface area contributed by atoms with Crippen LogP contribution in [0.25, 0.3) is 0 Å². The third-order valence-electron chi connectivity index (χ3n) is 3.67. The van der Waals surface area contributed by atoms with Crippen LogP contribution in [-0.2, 0) is 11.2 Å². The van der Waals surface area contributed by atoms with E-state index in [4.69, 9.17) is 16.3 Å². The first-order valence-electron chi connectivity index (χ1n) is 7.53. The Morgan fingerprint density at radius 2 is 2.04 bits per heavy atom. The quantitative estimate of drug-likeness (QED) is 0.891. The summed E-state index contributed by atoms with van der Waals surface area (Å²) in [5.74, 6) is 0.337. The number of ketones is 1. The summed E-state index contributed by atoms with van der Waals surface area (Å²) in [6, 6.07) is 6.77. The molecular weight excluding hydrogens is 348 g/mol. The summed E-state index contributed by atoms with van der Waals surface area (Å²) in [4.78, 5) is 29.2. The topological polar surface area (TPSA) is 68.3 Å². The fraction of sp³-hybridized carbons (Fsp3) is 0.353. The minimum Gasteiger partial charge on any atom is -0.484 e. The van der Waals surface area contributed by atoms with E-state index in [1.807, 2.05) is 13.8 Å². The van der Waals surface area contributed by atoms with E-state index in [1.165, 1.54) is 11.3 Å². The molecular formula is C17H17ClN2O3S. The van der Waals surface area contributed by atoms with Crippen molar-refractivity contribution >= 4 is 39.8 Å². The van der Waals surface area contributed by atoms with Crippen LogP contribution >= 0.6 is 22.9 Å². The van der Waals surface area contributed by atoms with E-state index in [2.05, 4.69) is 10.3 Å². The highest BCUT2D eigenvalue weighted by Gasteiger charge is 2.34. The number of nitrogens with one attached hydrogen (secondary N) is 1. The van der Waals surface area contributed by atoms with Crippen molar-refractivity contribution in [3.63, 3.8) is 0 Å². The number of carbonyl (C=O) groups is 2. The van der Waals surface area contributed by atoms with Gasteiger partial charge in [0.1, 0.15) is 5.75 Å². The lowest BCUT2D eigenvalue weighted by Gasteiger charge is -2.26. The van der Waals surface area contributed by atoms with Gasteiger partial charge < -0.3 is 4.74 Å². The molecule has 0 aliphatic heterocycles. The molecule has 0 fully saturated rings. The SMILES string of the molecule is CC1(C)CC(=O)c2sc(NC(=O)COc3ccc(Cl)cc3)nc2C1. The van der Waals surface area contributed by atoms with Crippen molar-refractivity contribution in [3.8, 4) is 5.75 Å². The van der Waals surface area contributed by atoms with Crippen LogP contribution in [0, 0.1) is 5.41 Å². The van der Waals surface area contributed by atoms with Crippen LogP contribution in [0.3, 0.4) is 0 Å². The maximum Gasteiger partial charge on any atom is 0.264 e. The lowest BCUT2D eigenvalue weighted by molar-refractivity contribution is -0.118. The monoisotopic (exact) mass is 364 g/mol. The number of fused-ring (bicyclic) bond motifs is 1. The second kappa shape index (κ2) is 6.53. The number of hydrogen-bond donors (Lipinski definition) is 1. The van der Waals surface area contributed by atoms with E-state index in [9.17, 15) is 9.59 Å². The predicted molar refractivity (Wildman–Crippen MR) is 94.1 cm³/mol. The standard InChI is InChI=1S/C17H17ClN2O3S/c1-17(2)7-12-15(13(21)8-17)24-16(19-12)20-14(22)9-23-11-5-3-10(18)4-6-11/h3-6H,7-9H2,1-2H3,(H,19,20,22). The number of nitrogens with zero attached hydrogens (tertiary/aromatic N) is 1. The van der Waals surface area contributed by atoms with Crippen molar-refractivity contribution in [1.82, 2.24) is 4.98 Å². The molecule has 1 aromatic heterocycles. The summed E-state index contributed by atoms with van der Waals surface area (Å²) in [6.07, 6.45) is 1.25. The van der Waals surface area contributed by atoms with Crippen LogP contribution in [0.2, 0.25) is 5.02 Å². The van der Waals surface area contributed by atoms with Crippen molar-refractivity contribution in [1.29, 1.82) is 0 Å². The molecule has 1 heterocycles. The van der Waals surface area contributed by atoms with Gasteiger partial charge in [-0.25, -0.2) is 4.98 Å². The lowest BCUT2D eigenvalue weighted by atomic mass is 9.78. The van der Waals surface area contributed by atoms with Crippen molar-refractivity contribution in [2.24, 2.45) is 5.41 Å². The van der Waals surface area contributed by atoms with Gasteiger partial charge in [0.25, 0.3) is 5.91 Å². The third-order valence-corrected chi connectivity index (χ3v) is 4.97. The molecule has 0 atom stereocenters. The number of Topliss-reactive ketones (excluding diaryl/α,β-unsaturated/α-hetero) is 1. The van der Waals surface area contributed by atoms with Gasteiger partial charge in [-0.1, -0.05) is 36.8 Å². The third kappa shape index (κ3) is 3.94. The number of anilines is 1. The van der Waals surface area contributed by atoms with Crippen molar-refractivity contribution < 1.29 is 14.3 Å². The van der Waals surface area contributed by atoms with Gasteiger partial charge in [0, 0.05) is 11.4 Å². The number of thiazole rings is 1. The molecule has 24 heavy (non-hydrogen) atoms. The number of halogens is 1. The maximum absolute atomic E-state index is 12.2. The minimum atomic E-state index is -0.317. The number of benzene rings is 1. The number of hydrogen-bond acceptors (Lipinski definition) is 5. The van der Waals surface area contributed by atoms with Crippen molar-refractivity contribution in [3.05, 3.63) is 39.9 Å². The first-order valence-corrected chi connectivity index (χ1v) is 8.73. The van der Waals surface area contributed by atoms with Crippen LogP contribution in [-0.4, -0.2) is 23.3 Å². The Bertz CT molecular complexity index is 784. The largest absolute Gasteiger partial charge is 0.484 e. The van der Waals surface area contributed by atoms with E-state index in [-0.39, 0.29) is 23.7 Å². The van der Waals surface area contributed by atoms with Crippen molar-refractivity contribution in [2.75, 3.05) is 11.9 Å². The zero-order valence-electron chi connectivity index (χ0n) is 13.4. The Balaban J connectivity index is 1.61. The first-order chi connectivity index (χ1) is 11.3. The number of rotatable bonds is 4. The smallest absolute Gasteiger partial charge is 0.264 e. The predicted octanol–water partition coefficient (Wildman–Crippen LogP) is 3.97. The molecule has 0 unspecified atom stereocenters. The second-order valence-electron chi connectivity index (χ2n) is 6.53. The van der Waals surface area contributed by atoms with Crippen LogP contribution in [0.4, 0.5) is 5.13 Å². The van der Waals surface area contributed by atoms with E-state index >= 15 is 0 Å². The molecule has 0 saturated carbocycles. The van der Waals surface area contributed by atoms with Crippen molar-refractivity contribution in [2.45, 2.75) is 26.7 Å². The summed E-state index contributed by atoms with van der Waals surface area (Å²) in [7, 11) is 0. The molecule has 1 aliphatic rings. The minimum absolute atomic E-state index is 0.0862. The molecule has 2 aromatic rings. The number of carbonyl (C=O) groups excluding carboxylic acids is 2. The Hall–Kier alpha value is -1.92. The van der Waals surface area contributed by atoms with E-state index < -0.39 is 0 Å². The first kappa shape index (κ1) is 16.9. The van der Waals surface area contributed by atoms with Gasteiger partial charge >= 0.3 is 0 Å². The van der Waals surface area contributed by atoms with E-state index in [1.54, 1.807) is 24.3 Å². The van der Waals surface area contributed by atoms with Crippen LogP contribution in [0.15, 0.2) is 24.3 Å². The molecule has 1 aliphatic carbocycles. The van der Waals surface area contributed by atoms with Gasteiger partial charge in [-0.2, -0.15) is 0 Å². The Labute approximate surface area is 149 Å². The molecule has 0 radical (unpaired) electrons. The highest BCUT2D eigenvalue weighted by molar-refractivity contribution is 7.17. The molecule has 0 bridgehead atoms. The summed E-state index contributed by atoms with van der Waals surface area (Å²) in [5.41, 5.74) is 0.687. The average Bonchev–Trinajstić information content (AvgIpc) is 2.88. The average molecular weight is 365 g/mol. The fourth-order valence-corrected chi connectivity index (χ4v) is 3.67. The molecule has 1 N–H and O–H groups in total. The molecule has 126 valence electrons. The van der Waals surface area contributed by atoms with Gasteiger partial charge in [-0.05, 0) is 36.1 Å². The van der Waals surface area contributed by atoms with E-state index in [0.717, 1.165) is 12.1 Å². The van der Waals surface area contributed by atoms with Gasteiger partial charge in [-0.15, -0.1) is 0 Å². The molecule has 0 saturated heterocycles. The zero-order valence-corrected chi connectivity index (χ0v) is 15.0. The van der Waals surface area contributed by atoms with Gasteiger partial charge in [0.15, 0.2) is 17.5 Å². The van der Waals surface area contributed by atoms with Crippen LogP contribution in [0.5, 0.6) is 5.75 Å². The maximum atomic E-state index is 12.2. The van der Waals surface area contributed by atoms with E-state index in [0.29, 0.717) is 27.2 Å². The van der Waals surface area contributed by atoms with Crippen LogP contribution < -0.4 is 10.1 Å². The molecule has 5 nitrogen and oxygen atoms in total. The molecule has 1 amide bonds. The Kier molecular flexibility index (Phi) is 4.60. The summed E-state index contributed by atoms with van der Waals surface area (Å²) < 4.78 is 5.39. The molecule has 3 rings (SSSR count). The number of aromatic nitrogens is 1. The number of amides is 1. The Morgan fingerprint density at radius 3 is 2.75 bits per heavy atom. The summed E-state index contributed by atoms with van der Waals surface area (Å²) in [5, 5.41) is 3.74. The zero-order chi connectivity index (χ0) is 17.3. The highest BCUT2D eigenvalue weighted by atomic mass is 35.5. The molecule has 7 heteroatoms. The normalized spacial score (nSPS) is 15.7. The molecule has 1 aromatic carbocycles. The lowest BCUT2D eigenvalue weighted by Crippen LogP contribution is -2.26. The van der Waals surface area contributed by atoms with Gasteiger partial charge in [-0.3, -0.25) is 14.9 Å². The second-order valence-corrected chi connectivity index (χ2v) is 7.96. The highest BCUT2D eigenvalue weighted by Crippen LogP contribution is 2.38. The van der Waals surface area contributed by atoms with Gasteiger partial charge in [0.2, 0.25) is 0 Å². The van der Waals surface area contributed by atoms with Gasteiger partial charge in [0.05, 0.1) is 10.6 Å². The summed E-state index contributed by atoms with van der Waals surface area (Å²) in [6.45, 7) is 3.96. The van der Waals surface area contributed by atoms with Crippen LogP contribution in [0.1, 0.15) is 35.6 Å². The fourth-order valence-electron chi connectivity index (χ4n) is 2.61. The Morgan fingerprint density at radius 1 is 1.33 bits per heavy atom. The number of ether oxygens (including phenoxy) is 1.